The minimum Gasteiger partial charge on any atom is -0.387 e. The van der Waals surface area contributed by atoms with Gasteiger partial charge in [-0.05, 0) is 0 Å². The first kappa shape index (κ1) is 20.2. The van der Waals surface area contributed by atoms with Crippen LogP contribution in [0.25, 0.3) is 0 Å². The number of non-ortho nitro benzene ring substituents is 1. The summed E-state index contributed by atoms with van der Waals surface area (Å²) in [6.45, 7) is 1.51. The SMILES string of the molecule is CCC(=O)N1CC2(CC(c3cccc([N+](=O)[O-])c3)=NO2)C[C@H]1C(=O)NCC(N)=O. The number of hydrogen-bond acceptors (Lipinski definition) is 7. The minimum atomic E-state index is -0.903. The highest BCUT2D eigenvalue weighted by molar-refractivity contribution is 6.02. The van der Waals surface area contributed by atoms with Gasteiger partial charge in [0.2, 0.25) is 17.7 Å². The van der Waals surface area contributed by atoms with Crippen molar-refractivity contribution in [1.29, 1.82) is 0 Å². The lowest BCUT2D eigenvalue weighted by molar-refractivity contribution is -0.384. The largest absolute Gasteiger partial charge is 0.387 e. The van der Waals surface area contributed by atoms with Gasteiger partial charge >= 0.3 is 0 Å². The fraction of sp³-hybridized carbons (Fsp3) is 0.444. The average Bonchev–Trinajstić information content (AvgIpc) is 3.30. The van der Waals surface area contributed by atoms with Gasteiger partial charge in [-0.15, -0.1) is 0 Å². The number of amides is 3. The molecule has 1 aromatic carbocycles. The molecule has 0 aliphatic carbocycles. The van der Waals surface area contributed by atoms with Gasteiger partial charge in [0.15, 0.2) is 5.60 Å². The molecule has 1 unspecified atom stereocenters. The number of carbonyl (C=O) groups is 3. The van der Waals surface area contributed by atoms with Crippen molar-refractivity contribution in [3.63, 3.8) is 0 Å². The molecule has 2 heterocycles. The Morgan fingerprint density at radius 3 is 2.86 bits per heavy atom. The molecule has 11 nitrogen and oxygen atoms in total. The summed E-state index contributed by atoms with van der Waals surface area (Å²) in [7, 11) is 0. The Morgan fingerprint density at radius 1 is 1.45 bits per heavy atom. The third-order valence-electron chi connectivity index (χ3n) is 4.99. The van der Waals surface area contributed by atoms with Crippen LogP contribution < -0.4 is 11.1 Å². The van der Waals surface area contributed by atoms with Crippen molar-refractivity contribution in [3.8, 4) is 0 Å². The molecule has 154 valence electrons. The molecule has 29 heavy (non-hydrogen) atoms. The predicted molar refractivity (Wildman–Crippen MR) is 101 cm³/mol. The molecule has 2 aliphatic rings. The number of oxime groups is 1. The van der Waals surface area contributed by atoms with Crippen LogP contribution in [0.5, 0.6) is 0 Å². The zero-order chi connectivity index (χ0) is 21.2. The van der Waals surface area contributed by atoms with E-state index in [-0.39, 0.29) is 37.5 Å². The van der Waals surface area contributed by atoms with Gasteiger partial charge in [-0.25, -0.2) is 0 Å². The molecule has 3 N–H and O–H groups in total. The Morgan fingerprint density at radius 2 is 2.21 bits per heavy atom. The van der Waals surface area contributed by atoms with Crippen LogP contribution in [0.15, 0.2) is 29.4 Å². The molecule has 1 saturated heterocycles. The summed E-state index contributed by atoms with van der Waals surface area (Å²) >= 11 is 0. The zero-order valence-corrected chi connectivity index (χ0v) is 15.8. The summed E-state index contributed by atoms with van der Waals surface area (Å²) in [6.07, 6.45) is 0.681. The van der Waals surface area contributed by atoms with Gasteiger partial charge in [0.05, 0.1) is 23.7 Å². The van der Waals surface area contributed by atoms with E-state index in [1.54, 1.807) is 19.1 Å². The highest BCUT2D eigenvalue weighted by Gasteiger charge is 2.53. The Balaban J connectivity index is 1.78. The molecule has 0 bridgehead atoms. The minimum absolute atomic E-state index is 0.0657. The van der Waals surface area contributed by atoms with Crippen molar-refractivity contribution in [2.24, 2.45) is 10.9 Å². The van der Waals surface area contributed by atoms with E-state index < -0.39 is 28.4 Å². The summed E-state index contributed by atoms with van der Waals surface area (Å²) in [6, 6.07) is 5.22. The standard InChI is InChI=1S/C18H21N5O6/c1-2-16(25)22-10-18(8-14(22)17(26)20-9-15(19)24)7-13(21-29-18)11-4-3-5-12(6-11)23(27)28/h3-6,14H,2,7-10H2,1H3,(H2,19,24)(H,20,26)/t14-,18?/m0/s1. The van der Waals surface area contributed by atoms with Gasteiger partial charge in [-0.2, -0.15) is 0 Å². The summed E-state index contributed by atoms with van der Waals surface area (Å²) < 4.78 is 0. The number of nitrogens with two attached hydrogens (primary N) is 1. The molecule has 0 radical (unpaired) electrons. The first-order valence-corrected chi connectivity index (χ1v) is 9.10. The Kier molecular flexibility index (Phi) is 5.48. The van der Waals surface area contributed by atoms with Crippen LogP contribution in [0.1, 0.15) is 31.7 Å². The van der Waals surface area contributed by atoms with Gasteiger partial charge in [0.1, 0.15) is 6.04 Å². The smallest absolute Gasteiger partial charge is 0.270 e. The molecule has 2 aliphatic heterocycles. The molecular formula is C18H21N5O6. The number of hydrogen-bond donors (Lipinski definition) is 2. The fourth-order valence-corrected chi connectivity index (χ4v) is 3.61. The average molecular weight is 403 g/mol. The van der Waals surface area contributed by atoms with Crippen molar-refractivity contribution >= 4 is 29.1 Å². The first-order valence-electron chi connectivity index (χ1n) is 9.10. The van der Waals surface area contributed by atoms with Crippen molar-refractivity contribution in [3.05, 3.63) is 39.9 Å². The number of nitrogens with zero attached hydrogens (tertiary/aromatic N) is 3. The second-order valence-electron chi connectivity index (χ2n) is 7.08. The molecule has 3 amide bonds. The van der Waals surface area contributed by atoms with Crippen molar-refractivity contribution < 1.29 is 24.1 Å². The second-order valence-corrected chi connectivity index (χ2v) is 7.08. The maximum Gasteiger partial charge on any atom is 0.270 e. The number of nitrogens with one attached hydrogen (secondary N) is 1. The van der Waals surface area contributed by atoms with Crippen LogP contribution >= 0.6 is 0 Å². The van der Waals surface area contributed by atoms with E-state index in [2.05, 4.69) is 10.5 Å². The number of nitro benzene ring substituents is 1. The highest BCUT2D eigenvalue weighted by Crippen LogP contribution is 2.39. The second kappa shape index (κ2) is 7.86. The normalized spacial score (nSPS) is 22.9. The van der Waals surface area contributed by atoms with E-state index in [1.807, 2.05) is 0 Å². The van der Waals surface area contributed by atoms with Crippen molar-refractivity contribution in [2.75, 3.05) is 13.1 Å². The van der Waals surface area contributed by atoms with Crippen LogP contribution in [0, 0.1) is 10.1 Å². The molecule has 1 fully saturated rings. The highest BCUT2D eigenvalue weighted by atomic mass is 16.7. The molecule has 0 aromatic heterocycles. The van der Waals surface area contributed by atoms with E-state index in [0.717, 1.165) is 0 Å². The Hall–Kier alpha value is -3.50. The van der Waals surface area contributed by atoms with Crippen LogP contribution in [0.3, 0.4) is 0 Å². The number of rotatable bonds is 6. The van der Waals surface area contributed by atoms with Crippen LogP contribution in [-0.4, -0.2) is 58.0 Å². The molecule has 1 spiro atoms. The summed E-state index contributed by atoms with van der Waals surface area (Å²) in [4.78, 5) is 53.4. The number of primary amides is 1. The lowest BCUT2D eigenvalue weighted by Crippen LogP contribution is -2.47. The quantitative estimate of drug-likeness (QED) is 0.505. The van der Waals surface area contributed by atoms with E-state index in [9.17, 15) is 24.5 Å². The number of likely N-dealkylation sites (tertiary alicyclic amines) is 1. The Labute approximate surface area is 166 Å². The van der Waals surface area contributed by atoms with Crippen LogP contribution in [0.4, 0.5) is 5.69 Å². The van der Waals surface area contributed by atoms with Crippen molar-refractivity contribution in [2.45, 2.75) is 37.8 Å². The molecule has 0 saturated carbocycles. The van der Waals surface area contributed by atoms with Gasteiger partial charge < -0.3 is 20.8 Å². The summed E-state index contributed by atoms with van der Waals surface area (Å²) in [5.74, 6) is -1.41. The molecular weight excluding hydrogens is 382 g/mol. The Bertz CT molecular complexity index is 900. The van der Waals surface area contributed by atoms with Crippen LogP contribution in [0.2, 0.25) is 0 Å². The molecule has 2 atom stereocenters. The van der Waals surface area contributed by atoms with E-state index in [0.29, 0.717) is 17.7 Å². The third kappa shape index (κ3) is 4.18. The summed E-state index contributed by atoms with van der Waals surface area (Å²) in [5, 5.41) is 17.5. The lowest BCUT2D eigenvalue weighted by atomic mass is 9.91. The van der Waals surface area contributed by atoms with Crippen molar-refractivity contribution in [1.82, 2.24) is 10.2 Å². The predicted octanol–water partition coefficient (Wildman–Crippen LogP) is 0.0704. The molecule has 1 aromatic rings. The van der Waals surface area contributed by atoms with Crippen LogP contribution in [-0.2, 0) is 19.2 Å². The molecule has 3 rings (SSSR count). The van der Waals surface area contributed by atoms with Gasteiger partial charge in [-0.1, -0.05) is 24.2 Å². The van der Waals surface area contributed by atoms with Gasteiger partial charge in [-0.3, -0.25) is 24.5 Å². The monoisotopic (exact) mass is 403 g/mol. The fourth-order valence-electron chi connectivity index (χ4n) is 3.61. The van der Waals surface area contributed by atoms with E-state index >= 15 is 0 Å². The maximum atomic E-state index is 12.5. The maximum absolute atomic E-state index is 12.5. The summed E-state index contributed by atoms with van der Waals surface area (Å²) in [5.41, 5.74) is 5.15. The third-order valence-corrected chi connectivity index (χ3v) is 4.99. The molecule has 11 heteroatoms. The number of carbonyl (C=O) groups excluding carboxylic acids is 3. The number of nitro groups is 1. The topological polar surface area (TPSA) is 157 Å². The van der Waals surface area contributed by atoms with Gasteiger partial charge in [0.25, 0.3) is 5.69 Å². The number of benzene rings is 1. The first-order chi connectivity index (χ1) is 13.7. The van der Waals surface area contributed by atoms with Gasteiger partial charge in [0, 0.05) is 37.0 Å². The lowest BCUT2D eigenvalue weighted by Gasteiger charge is -2.23. The van der Waals surface area contributed by atoms with E-state index in [1.165, 1.54) is 17.0 Å². The zero-order valence-electron chi connectivity index (χ0n) is 15.8. The van der Waals surface area contributed by atoms with E-state index in [4.69, 9.17) is 10.6 Å².